The molecule has 0 spiro atoms. The second-order valence-electron chi connectivity index (χ2n) is 8.95. The number of aryl methyl sites for hydroxylation is 1. The SMILES string of the molecule is O=C(NCc1c2c(n[nH]c1=O)CCCC2)c1cc(-c2cccc3ccccc23)nc2ccccc12. The van der Waals surface area contributed by atoms with E-state index in [1.807, 2.05) is 54.6 Å². The van der Waals surface area contributed by atoms with Crippen molar-refractivity contribution in [1.29, 1.82) is 0 Å². The Morgan fingerprint density at radius 3 is 2.60 bits per heavy atom. The van der Waals surface area contributed by atoms with Crippen molar-refractivity contribution in [3.8, 4) is 11.3 Å². The Labute approximate surface area is 202 Å². The Morgan fingerprint density at radius 2 is 1.69 bits per heavy atom. The molecule has 2 N–H and O–H groups in total. The van der Waals surface area contributed by atoms with Gasteiger partial charge in [-0.1, -0.05) is 60.7 Å². The molecule has 0 atom stereocenters. The van der Waals surface area contributed by atoms with Crippen LogP contribution in [0.4, 0.5) is 0 Å². The number of fused-ring (bicyclic) bond motifs is 3. The van der Waals surface area contributed by atoms with Crippen LogP contribution >= 0.6 is 0 Å². The Hall–Kier alpha value is -4.32. The van der Waals surface area contributed by atoms with Crippen LogP contribution in [0.1, 0.15) is 40.0 Å². The number of nitrogens with zero attached hydrogens (tertiary/aromatic N) is 2. The monoisotopic (exact) mass is 460 g/mol. The molecule has 5 aromatic rings. The van der Waals surface area contributed by atoms with E-state index >= 15 is 0 Å². The third-order valence-corrected chi connectivity index (χ3v) is 6.82. The fourth-order valence-electron chi connectivity index (χ4n) is 5.06. The molecule has 0 aliphatic heterocycles. The molecule has 35 heavy (non-hydrogen) atoms. The number of pyridine rings is 1. The number of nitrogens with one attached hydrogen (secondary N) is 2. The minimum Gasteiger partial charge on any atom is -0.348 e. The topological polar surface area (TPSA) is 87.7 Å². The molecule has 3 aromatic carbocycles. The molecule has 0 saturated heterocycles. The molecule has 6 rings (SSSR count). The quantitative estimate of drug-likeness (QED) is 0.397. The number of amides is 1. The van der Waals surface area contributed by atoms with Crippen LogP contribution in [0.2, 0.25) is 0 Å². The average Bonchev–Trinajstić information content (AvgIpc) is 2.91. The van der Waals surface area contributed by atoms with Gasteiger partial charge in [-0.2, -0.15) is 5.10 Å². The van der Waals surface area contributed by atoms with Gasteiger partial charge < -0.3 is 5.32 Å². The van der Waals surface area contributed by atoms with E-state index in [1.54, 1.807) is 0 Å². The van der Waals surface area contributed by atoms with Crippen molar-refractivity contribution in [3.63, 3.8) is 0 Å². The molecular formula is C29H24N4O2. The Balaban J connectivity index is 1.41. The number of hydrogen-bond acceptors (Lipinski definition) is 4. The Morgan fingerprint density at radius 1 is 0.914 bits per heavy atom. The third-order valence-electron chi connectivity index (χ3n) is 6.82. The van der Waals surface area contributed by atoms with Gasteiger partial charge in [0.15, 0.2) is 0 Å². The minimum atomic E-state index is -0.234. The van der Waals surface area contributed by atoms with E-state index in [0.717, 1.165) is 69.9 Å². The number of carbonyl (C=O) groups is 1. The Kier molecular flexibility index (Phi) is 5.34. The molecular weight excluding hydrogens is 436 g/mol. The van der Waals surface area contributed by atoms with Crippen LogP contribution in [-0.4, -0.2) is 21.1 Å². The van der Waals surface area contributed by atoms with E-state index < -0.39 is 0 Å². The number of H-pyrrole nitrogens is 1. The van der Waals surface area contributed by atoms with Crippen molar-refractivity contribution in [2.75, 3.05) is 0 Å². The van der Waals surface area contributed by atoms with Gasteiger partial charge in [-0.15, -0.1) is 0 Å². The maximum absolute atomic E-state index is 13.5. The highest BCUT2D eigenvalue weighted by molar-refractivity contribution is 6.08. The smallest absolute Gasteiger partial charge is 0.269 e. The highest BCUT2D eigenvalue weighted by Gasteiger charge is 2.20. The zero-order valence-electron chi connectivity index (χ0n) is 19.2. The number of carbonyl (C=O) groups excluding carboxylic acids is 1. The zero-order valence-corrected chi connectivity index (χ0v) is 19.2. The van der Waals surface area contributed by atoms with Gasteiger partial charge in [-0.3, -0.25) is 9.59 Å². The van der Waals surface area contributed by atoms with Crippen molar-refractivity contribution in [2.24, 2.45) is 0 Å². The first-order valence-electron chi connectivity index (χ1n) is 11.9. The summed E-state index contributed by atoms with van der Waals surface area (Å²) < 4.78 is 0. The van der Waals surface area contributed by atoms with Gasteiger partial charge in [0.25, 0.3) is 11.5 Å². The molecule has 0 saturated carbocycles. The lowest BCUT2D eigenvalue weighted by molar-refractivity contribution is 0.0952. The van der Waals surface area contributed by atoms with E-state index in [9.17, 15) is 9.59 Å². The summed E-state index contributed by atoms with van der Waals surface area (Å²) in [6, 6.07) is 23.8. The molecule has 2 aromatic heterocycles. The second kappa shape index (κ2) is 8.80. The van der Waals surface area contributed by atoms with Crippen LogP contribution in [0.3, 0.4) is 0 Å². The largest absolute Gasteiger partial charge is 0.348 e. The third kappa shape index (κ3) is 3.87. The molecule has 0 unspecified atom stereocenters. The van der Waals surface area contributed by atoms with Gasteiger partial charge >= 0.3 is 0 Å². The first-order valence-corrected chi connectivity index (χ1v) is 11.9. The fourth-order valence-corrected chi connectivity index (χ4v) is 5.06. The maximum Gasteiger partial charge on any atom is 0.269 e. The van der Waals surface area contributed by atoms with Crippen molar-refractivity contribution in [2.45, 2.75) is 32.2 Å². The maximum atomic E-state index is 13.5. The summed E-state index contributed by atoms with van der Waals surface area (Å²) in [6.45, 7) is 0.166. The number of aromatic nitrogens is 3. The second-order valence-corrected chi connectivity index (χ2v) is 8.95. The number of hydrogen-bond donors (Lipinski definition) is 2. The van der Waals surface area contributed by atoms with Crippen LogP contribution in [0, 0.1) is 0 Å². The summed E-state index contributed by atoms with van der Waals surface area (Å²) in [5, 5.41) is 12.8. The lowest BCUT2D eigenvalue weighted by Crippen LogP contribution is -2.30. The predicted octanol–water partition coefficient (Wildman–Crippen LogP) is 4.95. The lowest BCUT2D eigenvalue weighted by Gasteiger charge is -2.17. The molecule has 1 aliphatic rings. The van der Waals surface area contributed by atoms with Gasteiger partial charge in [-0.05, 0) is 54.2 Å². The van der Waals surface area contributed by atoms with Crippen LogP contribution < -0.4 is 10.9 Å². The van der Waals surface area contributed by atoms with E-state index in [0.29, 0.717) is 11.1 Å². The number of benzene rings is 3. The van der Waals surface area contributed by atoms with Crippen LogP contribution in [0.25, 0.3) is 32.9 Å². The average molecular weight is 461 g/mol. The molecule has 0 radical (unpaired) electrons. The first kappa shape index (κ1) is 21.2. The normalized spacial score (nSPS) is 13.0. The Bertz CT molecular complexity index is 1650. The molecule has 0 bridgehead atoms. The highest BCUT2D eigenvalue weighted by atomic mass is 16.2. The van der Waals surface area contributed by atoms with Crippen LogP contribution in [0.5, 0.6) is 0 Å². The molecule has 1 amide bonds. The summed E-state index contributed by atoms with van der Waals surface area (Å²) in [5.41, 5.74) is 5.30. The van der Waals surface area contributed by atoms with Crippen molar-refractivity contribution < 1.29 is 4.79 Å². The fraction of sp³-hybridized carbons (Fsp3) is 0.172. The number of rotatable bonds is 4. The standard InChI is InChI=1S/C29H24N4O2/c34-28(30-17-24-22-12-4-6-15-26(22)32-33-29(24)35)23-16-27(31-25-14-5-3-11-21(23)25)20-13-7-9-18-8-1-2-10-19(18)20/h1-3,5,7-11,13-14,16H,4,6,12,15,17H2,(H,30,34)(H,33,35). The van der Waals surface area contributed by atoms with E-state index in [2.05, 4.69) is 33.7 Å². The summed E-state index contributed by atoms with van der Waals surface area (Å²) in [4.78, 5) is 30.9. The molecule has 172 valence electrons. The first-order chi connectivity index (χ1) is 17.2. The summed E-state index contributed by atoms with van der Waals surface area (Å²) in [7, 11) is 0. The van der Waals surface area contributed by atoms with Gasteiger partial charge in [0.2, 0.25) is 0 Å². The van der Waals surface area contributed by atoms with Gasteiger partial charge in [0, 0.05) is 23.1 Å². The summed E-state index contributed by atoms with van der Waals surface area (Å²) in [5.74, 6) is -0.231. The summed E-state index contributed by atoms with van der Waals surface area (Å²) in [6.07, 6.45) is 3.78. The van der Waals surface area contributed by atoms with E-state index in [1.165, 1.54) is 0 Å². The molecule has 1 aliphatic carbocycles. The zero-order chi connectivity index (χ0) is 23.8. The van der Waals surface area contributed by atoms with Gasteiger partial charge in [0.1, 0.15) is 0 Å². The van der Waals surface area contributed by atoms with Gasteiger partial charge in [0.05, 0.1) is 22.5 Å². The molecule has 2 heterocycles. The van der Waals surface area contributed by atoms with E-state index in [4.69, 9.17) is 4.98 Å². The van der Waals surface area contributed by atoms with Crippen LogP contribution in [0.15, 0.2) is 77.6 Å². The van der Waals surface area contributed by atoms with E-state index in [-0.39, 0.29) is 18.0 Å². The lowest BCUT2D eigenvalue weighted by atomic mass is 9.93. The minimum absolute atomic E-state index is 0.166. The number of aromatic amines is 1. The number of para-hydroxylation sites is 1. The summed E-state index contributed by atoms with van der Waals surface area (Å²) >= 11 is 0. The molecule has 6 heteroatoms. The van der Waals surface area contributed by atoms with Gasteiger partial charge in [-0.25, -0.2) is 10.1 Å². The molecule has 6 nitrogen and oxygen atoms in total. The van der Waals surface area contributed by atoms with Crippen molar-refractivity contribution in [1.82, 2.24) is 20.5 Å². The molecule has 0 fully saturated rings. The highest BCUT2D eigenvalue weighted by Crippen LogP contribution is 2.30. The van der Waals surface area contributed by atoms with Crippen LogP contribution in [-0.2, 0) is 19.4 Å². The van der Waals surface area contributed by atoms with Crippen molar-refractivity contribution in [3.05, 3.63) is 106 Å². The van der Waals surface area contributed by atoms with Crippen molar-refractivity contribution >= 4 is 27.6 Å². The predicted molar refractivity (Wildman–Crippen MR) is 137 cm³/mol.